The molecule has 0 heterocycles. The van der Waals surface area contributed by atoms with Crippen LogP contribution in [0.15, 0.2) is 11.8 Å². The third kappa shape index (κ3) is 2.01. The van der Waals surface area contributed by atoms with Gasteiger partial charge in [0.2, 0.25) is 0 Å². The highest BCUT2D eigenvalue weighted by molar-refractivity contribution is 5.20. The molecule has 1 atom stereocenters. The smallest absolute Gasteiger partial charge is 0.193 e. The van der Waals surface area contributed by atoms with Gasteiger partial charge in [0.15, 0.2) is 5.76 Å². The molecule has 0 bridgehead atoms. The molecule has 0 aromatic carbocycles. The monoisotopic (exact) mass is 165 g/mol. The minimum atomic E-state index is 0.388. The van der Waals surface area contributed by atoms with E-state index in [0.29, 0.717) is 23.7 Å². The van der Waals surface area contributed by atoms with Crippen LogP contribution in [0.1, 0.15) is 27.2 Å². The molecular weight excluding hydrogens is 150 g/mol. The van der Waals surface area contributed by atoms with Gasteiger partial charge in [-0.3, -0.25) is 0 Å². The number of nitrogens with zero attached hydrogens (tertiary/aromatic N) is 1. The molecule has 1 aliphatic rings. The maximum atomic E-state index is 8.66. The first-order valence-electron chi connectivity index (χ1n) is 4.35. The summed E-state index contributed by atoms with van der Waals surface area (Å²) in [5.41, 5.74) is 0.388. The van der Waals surface area contributed by atoms with E-state index >= 15 is 0 Å². The van der Waals surface area contributed by atoms with Gasteiger partial charge < -0.3 is 4.74 Å². The van der Waals surface area contributed by atoms with Crippen LogP contribution in [-0.4, -0.2) is 6.61 Å². The van der Waals surface area contributed by atoms with Crippen molar-refractivity contribution in [2.24, 2.45) is 11.3 Å². The largest absolute Gasteiger partial charge is 0.484 e. The van der Waals surface area contributed by atoms with Crippen molar-refractivity contribution < 1.29 is 4.74 Å². The minimum absolute atomic E-state index is 0.388. The van der Waals surface area contributed by atoms with Crippen LogP contribution in [0.25, 0.3) is 0 Å². The lowest BCUT2D eigenvalue weighted by Crippen LogP contribution is -1.92. The lowest BCUT2D eigenvalue weighted by Gasteiger charge is -2.00. The van der Waals surface area contributed by atoms with E-state index in [9.17, 15) is 0 Å². The summed E-state index contributed by atoms with van der Waals surface area (Å²) in [6.45, 7) is 6.87. The first kappa shape index (κ1) is 9.12. The topological polar surface area (TPSA) is 33.0 Å². The highest BCUT2D eigenvalue weighted by Crippen LogP contribution is 2.52. The van der Waals surface area contributed by atoms with E-state index in [2.05, 4.69) is 19.9 Å². The summed E-state index contributed by atoms with van der Waals surface area (Å²) in [7, 11) is 0. The Morgan fingerprint density at radius 2 is 2.33 bits per heavy atom. The number of nitriles is 1. The summed E-state index contributed by atoms with van der Waals surface area (Å²) in [5, 5.41) is 8.66. The average Bonchev–Trinajstić information content (AvgIpc) is 2.58. The molecule has 0 unspecified atom stereocenters. The van der Waals surface area contributed by atoms with Crippen molar-refractivity contribution in [2.75, 3.05) is 6.61 Å². The summed E-state index contributed by atoms with van der Waals surface area (Å²) in [4.78, 5) is 0. The standard InChI is InChI=1S/C10H15NO/c1-4-12-9(7-11)5-8-6-10(8,2)3/h5,8H,4,6H2,1-3H3/b9-5+/t8-/m0/s1. The fourth-order valence-electron chi connectivity index (χ4n) is 1.25. The number of hydrogen-bond acceptors (Lipinski definition) is 2. The zero-order valence-corrected chi connectivity index (χ0v) is 7.92. The van der Waals surface area contributed by atoms with E-state index in [1.54, 1.807) is 0 Å². The minimum Gasteiger partial charge on any atom is -0.484 e. The molecule has 0 N–H and O–H groups in total. The maximum absolute atomic E-state index is 8.66. The van der Waals surface area contributed by atoms with Gasteiger partial charge in [0.25, 0.3) is 0 Å². The van der Waals surface area contributed by atoms with Crippen LogP contribution in [0.2, 0.25) is 0 Å². The number of hydrogen-bond donors (Lipinski definition) is 0. The predicted octanol–water partition coefficient (Wildman–Crippen LogP) is 2.48. The van der Waals surface area contributed by atoms with Crippen LogP contribution in [0, 0.1) is 22.7 Å². The average molecular weight is 165 g/mol. The molecule has 0 aromatic rings. The SMILES string of the molecule is CCO/C(C#N)=C/[C@H]1CC1(C)C. The molecule has 66 valence electrons. The van der Waals surface area contributed by atoms with Gasteiger partial charge >= 0.3 is 0 Å². The van der Waals surface area contributed by atoms with Crippen LogP contribution in [0.4, 0.5) is 0 Å². The van der Waals surface area contributed by atoms with Crippen LogP contribution in [0.5, 0.6) is 0 Å². The van der Waals surface area contributed by atoms with E-state index < -0.39 is 0 Å². The fourth-order valence-corrected chi connectivity index (χ4v) is 1.25. The molecule has 1 fully saturated rings. The second-order valence-electron chi connectivity index (χ2n) is 3.87. The fraction of sp³-hybridized carbons (Fsp3) is 0.700. The van der Waals surface area contributed by atoms with Crippen molar-refractivity contribution in [3.8, 4) is 6.07 Å². The van der Waals surface area contributed by atoms with Crippen molar-refractivity contribution in [3.63, 3.8) is 0 Å². The Morgan fingerprint density at radius 1 is 1.75 bits per heavy atom. The molecule has 2 heteroatoms. The van der Waals surface area contributed by atoms with Crippen molar-refractivity contribution in [1.29, 1.82) is 5.26 Å². The van der Waals surface area contributed by atoms with E-state index in [4.69, 9.17) is 10.00 Å². The third-order valence-electron chi connectivity index (χ3n) is 2.35. The van der Waals surface area contributed by atoms with Gasteiger partial charge in [0.05, 0.1) is 6.61 Å². The van der Waals surface area contributed by atoms with Gasteiger partial charge in [-0.05, 0) is 30.8 Å². The molecule has 0 spiro atoms. The molecule has 0 amide bonds. The molecule has 1 saturated carbocycles. The quantitative estimate of drug-likeness (QED) is 0.475. The lowest BCUT2D eigenvalue weighted by molar-refractivity contribution is 0.243. The van der Waals surface area contributed by atoms with Crippen molar-refractivity contribution in [3.05, 3.63) is 11.8 Å². The molecule has 0 saturated heterocycles. The Kier molecular flexibility index (Phi) is 2.42. The van der Waals surface area contributed by atoms with Crippen LogP contribution in [-0.2, 0) is 4.74 Å². The Labute approximate surface area is 73.8 Å². The first-order chi connectivity index (χ1) is 5.60. The van der Waals surface area contributed by atoms with E-state index in [0.717, 1.165) is 0 Å². The van der Waals surface area contributed by atoms with Crippen LogP contribution in [0.3, 0.4) is 0 Å². The first-order valence-corrected chi connectivity index (χ1v) is 4.35. The molecule has 2 nitrogen and oxygen atoms in total. The van der Waals surface area contributed by atoms with Gasteiger partial charge in [-0.2, -0.15) is 5.26 Å². The van der Waals surface area contributed by atoms with Gasteiger partial charge in [0, 0.05) is 0 Å². The molecule has 0 radical (unpaired) electrons. The molecule has 1 aliphatic carbocycles. The Morgan fingerprint density at radius 3 is 2.67 bits per heavy atom. The van der Waals surface area contributed by atoms with Crippen LogP contribution < -0.4 is 0 Å². The van der Waals surface area contributed by atoms with E-state index in [-0.39, 0.29) is 0 Å². The summed E-state index contributed by atoms with van der Waals surface area (Å²) in [5.74, 6) is 1.02. The highest BCUT2D eigenvalue weighted by atomic mass is 16.5. The second-order valence-corrected chi connectivity index (χ2v) is 3.87. The number of rotatable bonds is 3. The van der Waals surface area contributed by atoms with E-state index in [1.165, 1.54) is 6.42 Å². The normalized spacial score (nSPS) is 26.2. The predicted molar refractivity (Wildman–Crippen MR) is 47.2 cm³/mol. The highest BCUT2D eigenvalue weighted by Gasteiger charge is 2.44. The van der Waals surface area contributed by atoms with Crippen molar-refractivity contribution in [2.45, 2.75) is 27.2 Å². The zero-order chi connectivity index (χ0) is 9.19. The molecule has 0 aromatic heterocycles. The van der Waals surface area contributed by atoms with Gasteiger partial charge in [-0.15, -0.1) is 0 Å². The van der Waals surface area contributed by atoms with Crippen molar-refractivity contribution >= 4 is 0 Å². The van der Waals surface area contributed by atoms with E-state index in [1.807, 2.05) is 13.0 Å². The molecule has 1 rings (SSSR count). The number of ether oxygens (including phenoxy) is 1. The summed E-state index contributed by atoms with van der Waals surface area (Å²) in [6.07, 6.45) is 3.12. The number of allylic oxidation sites excluding steroid dienone is 2. The zero-order valence-electron chi connectivity index (χ0n) is 7.92. The molecule has 0 aliphatic heterocycles. The molecule has 12 heavy (non-hydrogen) atoms. The lowest BCUT2D eigenvalue weighted by atomic mass is 10.1. The summed E-state index contributed by atoms with van der Waals surface area (Å²) >= 11 is 0. The maximum Gasteiger partial charge on any atom is 0.193 e. The second kappa shape index (κ2) is 3.18. The Bertz CT molecular complexity index is 235. The molecular formula is C10H15NO. The van der Waals surface area contributed by atoms with Gasteiger partial charge in [0.1, 0.15) is 6.07 Å². The Balaban J connectivity index is 2.51. The van der Waals surface area contributed by atoms with Crippen LogP contribution >= 0.6 is 0 Å². The van der Waals surface area contributed by atoms with Gasteiger partial charge in [-0.1, -0.05) is 13.8 Å². The van der Waals surface area contributed by atoms with Gasteiger partial charge in [-0.25, -0.2) is 0 Å². The third-order valence-corrected chi connectivity index (χ3v) is 2.35. The summed E-state index contributed by atoms with van der Waals surface area (Å²) in [6, 6.07) is 2.05. The summed E-state index contributed by atoms with van der Waals surface area (Å²) < 4.78 is 5.14. The van der Waals surface area contributed by atoms with Crippen molar-refractivity contribution in [1.82, 2.24) is 0 Å². The Hall–Kier alpha value is -0.970.